The zero-order chi connectivity index (χ0) is 15.6. The molecule has 1 aliphatic heterocycles. The van der Waals surface area contributed by atoms with Crippen LogP contribution in [-0.4, -0.2) is 39.5 Å². The SMILES string of the molecule is CCc1cc(NC(=O)C2CCCN2C(=O)C(C)(C)C)n[nH]1. The second-order valence-electron chi connectivity index (χ2n) is 6.53. The van der Waals surface area contributed by atoms with Crippen LogP contribution in [0.1, 0.15) is 46.2 Å². The van der Waals surface area contributed by atoms with E-state index in [4.69, 9.17) is 0 Å². The maximum Gasteiger partial charge on any atom is 0.248 e. The van der Waals surface area contributed by atoms with Crippen LogP contribution in [0.25, 0.3) is 0 Å². The Balaban J connectivity index is 2.05. The number of carbonyl (C=O) groups excluding carboxylic acids is 2. The number of anilines is 1. The van der Waals surface area contributed by atoms with Crippen LogP contribution < -0.4 is 5.32 Å². The van der Waals surface area contributed by atoms with Crippen molar-refractivity contribution >= 4 is 17.6 Å². The van der Waals surface area contributed by atoms with Crippen LogP contribution in [0, 0.1) is 5.41 Å². The summed E-state index contributed by atoms with van der Waals surface area (Å²) in [6.07, 6.45) is 2.40. The van der Waals surface area contributed by atoms with E-state index in [2.05, 4.69) is 15.5 Å². The molecule has 0 bridgehead atoms. The molecule has 0 aliphatic carbocycles. The van der Waals surface area contributed by atoms with Crippen molar-refractivity contribution in [2.75, 3.05) is 11.9 Å². The average molecular weight is 292 g/mol. The molecule has 2 amide bonds. The van der Waals surface area contributed by atoms with Gasteiger partial charge in [-0.05, 0) is 19.3 Å². The van der Waals surface area contributed by atoms with E-state index in [0.717, 1.165) is 18.5 Å². The first-order valence-electron chi connectivity index (χ1n) is 7.49. The van der Waals surface area contributed by atoms with Crippen molar-refractivity contribution in [3.8, 4) is 0 Å². The Morgan fingerprint density at radius 2 is 2.19 bits per heavy atom. The first-order valence-corrected chi connectivity index (χ1v) is 7.49. The molecule has 0 spiro atoms. The Labute approximate surface area is 125 Å². The van der Waals surface area contributed by atoms with Crippen molar-refractivity contribution in [3.05, 3.63) is 11.8 Å². The van der Waals surface area contributed by atoms with Crippen molar-refractivity contribution in [2.24, 2.45) is 5.41 Å². The minimum absolute atomic E-state index is 0.0245. The number of hydrogen-bond donors (Lipinski definition) is 2. The van der Waals surface area contributed by atoms with Gasteiger partial charge in [0.25, 0.3) is 0 Å². The fourth-order valence-electron chi connectivity index (χ4n) is 2.53. The van der Waals surface area contributed by atoms with Gasteiger partial charge in [0.15, 0.2) is 5.82 Å². The molecule has 1 atom stereocenters. The lowest BCUT2D eigenvalue weighted by Crippen LogP contribution is -2.47. The number of nitrogens with zero attached hydrogens (tertiary/aromatic N) is 2. The molecule has 116 valence electrons. The van der Waals surface area contributed by atoms with Gasteiger partial charge in [-0.1, -0.05) is 27.7 Å². The lowest BCUT2D eigenvalue weighted by atomic mass is 9.94. The highest BCUT2D eigenvalue weighted by Gasteiger charge is 2.38. The second-order valence-corrected chi connectivity index (χ2v) is 6.53. The smallest absolute Gasteiger partial charge is 0.248 e. The van der Waals surface area contributed by atoms with E-state index in [9.17, 15) is 9.59 Å². The molecule has 0 saturated carbocycles. The van der Waals surface area contributed by atoms with E-state index in [-0.39, 0.29) is 11.8 Å². The van der Waals surface area contributed by atoms with E-state index in [1.165, 1.54) is 0 Å². The quantitative estimate of drug-likeness (QED) is 0.893. The van der Waals surface area contributed by atoms with Crippen molar-refractivity contribution in [2.45, 2.75) is 53.0 Å². The zero-order valence-corrected chi connectivity index (χ0v) is 13.2. The van der Waals surface area contributed by atoms with Gasteiger partial charge >= 0.3 is 0 Å². The number of rotatable bonds is 3. The number of carbonyl (C=O) groups is 2. The second kappa shape index (κ2) is 5.87. The fourth-order valence-corrected chi connectivity index (χ4v) is 2.53. The molecule has 6 heteroatoms. The predicted octanol–water partition coefficient (Wildman–Crippen LogP) is 1.95. The van der Waals surface area contributed by atoms with Crippen LogP contribution in [0.3, 0.4) is 0 Å². The largest absolute Gasteiger partial charge is 0.330 e. The normalized spacial score (nSPS) is 18.9. The van der Waals surface area contributed by atoms with E-state index < -0.39 is 11.5 Å². The van der Waals surface area contributed by atoms with E-state index in [0.29, 0.717) is 18.8 Å². The highest BCUT2D eigenvalue weighted by molar-refractivity contribution is 5.97. The number of H-pyrrole nitrogens is 1. The van der Waals surface area contributed by atoms with Crippen molar-refractivity contribution in [1.29, 1.82) is 0 Å². The first-order chi connectivity index (χ1) is 9.82. The summed E-state index contributed by atoms with van der Waals surface area (Å²) < 4.78 is 0. The number of nitrogens with one attached hydrogen (secondary N) is 2. The molecule has 2 heterocycles. The number of aromatic amines is 1. The molecule has 2 rings (SSSR count). The molecular formula is C15H24N4O2. The van der Waals surface area contributed by atoms with Crippen molar-refractivity contribution in [3.63, 3.8) is 0 Å². The maximum atomic E-state index is 12.4. The van der Waals surface area contributed by atoms with Crippen LogP contribution in [0.5, 0.6) is 0 Å². The molecule has 21 heavy (non-hydrogen) atoms. The van der Waals surface area contributed by atoms with Crippen LogP contribution in [0.2, 0.25) is 0 Å². The topological polar surface area (TPSA) is 78.1 Å². The van der Waals surface area contributed by atoms with E-state index >= 15 is 0 Å². The highest BCUT2D eigenvalue weighted by Crippen LogP contribution is 2.26. The Morgan fingerprint density at radius 1 is 1.48 bits per heavy atom. The maximum absolute atomic E-state index is 12.4. The van der Waals surface area contributed by atoms with Crippen LogP contribution in [0.15, 0.2) is 6.07 Å². The third-order valence-corrected chi connectivity index (χ3v) is 3.72. The Hall–Kier alpha value is -1.85. The van der Waals surface area contributed by atoms with E-state index in [1.807, 2.05) is 33.8 Å². The summed E-state index contributed by atoms with van der Waals surface area (Å²) in [6.45, 7) is 8.30. The third kappa shape index (κ3) is 3.43. The van der Waals surface area contributed by atoms with Crippen molar-refractivity contribution < 1.29 is 9.59 Å². The molecule has 6 nitrogen and oxygen atoms in total. The fraction of sp³-hybridized carbons (Fsp3) is 0.667. The van der Waals surface area contributed by atoms with Gasteiger partial charge in [-0.3, -0.25) is 14.7 Å². The summed E-state index contributed by atoms with van der Waals surface area (Å²) in [5.41, 5.74) is 0.504. The van der Waals surface area contributed by atoms with Gasteiger partial charge in [0, 0.05) is 23.7 Å². The molecule has 0 radical (unpaired) electrons. The van der Waals surface area contributed by atoms with Gasteiger partial charge in [-0.25, -0.2) is 0 Å². The summed E-state index contributed by atoms with van der Waals surface area (Å²) in [4.78, 5) is 26.5. The summed E-state index contributed by atoms with van der Waals surface area (Å²) in [5, 5.41) is 9.72. The average Bonchev–Trinajstić information content (AvgIpc) is 3.04. The molecule has 2 N–H and O–H groups in total. The summed E-state index contributed by atoms with van der Waals surface area (Å²) >= 11 is 0. The van der Waals surface area contributed by atoms with Gasteiger partial charge in [-0.2, -0.15) is 5.10 Å². The minimum atomic E-state index is -0.468. The molecule has 1 saturated heterocycles. The molecule has 1 aliphatic rings. The first kappa shape index (κ1) is 15.5. The van der Waals surface area contributed by atoms with Crippen LogP contribution >= 0.6 is 0 Å². The molecule has 1 aromatic rings. The predicted molar refractivity (Wildman–Crippen MR) is 80.8 cm³/mol. The number of amides is 2. The van der Waals surface area contributed by atoms with Gasteiger partial charge in [0.1, 0.15) is 6.04 Å². The molecular weight excluding hydrogens is 268 g/mol. The summed E-state index contributed by atoms with van der Waals surface area (Å²) in [5.74, 6) is 0.391. The summed E-state index contributed by atoms with van der Waals surface area (Å²) in [7, 11) is 0. The standard InChI is InChI=1S/C15H24N4O2/c1-5-10-9-12(18-17-10)16-13(20)11-7-6-8-19(11)14(21)15(2,3)4/h9,11H,5-8H2,1-4H3,(H2,16,17,18,20). The van der Waals surface area contributed by atoms with E-state index in [1.54, 1.807) is 4.90 Å². The number of aryl methyl sites for hydroxylation is 1. The molecule has 0 aromatic carbocycles. The van der Waals surface area contributed by atoms with Crippen molar-refractivity contribution in [1.82, 2.24) is 15.1 Å². The third-order valence-electron chi connectivity index (χ3n) is 3.72. The van der Waals surface area contributed by atoms with Gasteiger partial charge in [-0.15, -0.1) is 0 Å². The lowest BCUT2D eigenvalue weighted by molar-refractivity contribution is -0.143. The van der Waals surface area contributed by atoms with Crippen LogP contribution in [0.4, 0.5) is 5.82 Å². The number of aromatic nitrogens is 2. The van der Waals surface area contributed by atoms with Gasteiger partial charge in [0.05, 0.1) is 0 Å². The Kier molecular flexibility index (Phi) is 4.34. The number of likely N-dealkylation sites (tertiary alicyclic amines) is 1. The molecule has 1 unspecified atom stereocenters. The summed E-state index contributed by atoms with van der Waals surface area (Å²) in [6, 6.07) is 1.43. The minimum Gasteiger partial charge on any atom is -0.330 e. The highest BCUT2D eigenvalue weighted by atomic mass is 16.2. The van der Waals surface area contributed by atoms with Gasteiger partial charge in [0.2, 0.25) is 11.8 Å². The monoisotopic (exact) mass is 292 g/mol. The molecule has 1 fully saturated rings. The lowest BCUT2D eigenvalue weighted by Gasteiger charge is -2.30. The van der Waals surface area contributed by atoms with Gasteiger partial charge < -0.3 is 10.2 Å². The zero-order valence-electron chi connectivity index (χ0n) is 13.2. The van der Waals surface area contributed by atoms with Crippen LogP contribution in [-0.2, 0) is 16.0 Å². The Morgan fingerprint density at radius 3 is 2.76 bits per heavy atom. The Bertz CT molecular complexity index is 530. The molecule has 1 aromatic heterocycles. The number of hydrogen-bond acceptors (Lipinski definition) is 3.